The number of nitrogens with zero attached hydrogens (tertiary/aromatic N) is 3. The summed E-state index contributed by atoms with van der Waals surface area (Å²) in [5, 5.41) is 14.7. The minimum atomic E-state index is -4.17. The summed E-state index contributed by atoms with van der Waals surface area (Å²) >= 11 is 6.44. The third-order valence-corrected chi connectivity index (χ3v) is 7.82. The fourth-order valence-corrected chi connectivity index (χ4v) is 5.37. The van der Waals surface area contributed by atoms with Crippen molar-refractivity contribution >= 4 is 44.8 Å². The Balaban J connectivity index is 2.14. The predicted molar refractivity (Wildman–Crippen MR) is 161 cm³/mol. The lowest BCUT2D eigenvalue weighted by Gasteiger charge is -2.34. The molecular formula is C29H33ClN4O7S. The zero-order valence-corrected chi connectivity index (χ0v) is 25.3. The van der Waals surface area contributed by atoms with Crippen LogP contribution in [0.4, 0.5) is 11.4 Å². The number of anilines is 1. The van der Waals surface area contributed by atoms with Crippen molar-refractivity contribution in [2.24, 2.45) is 0 Å². The number of carbonyl (C=O) groups excluding carboxylic acids is 2. The topological polar surface area (TPSA) is 139 Å². The highest BCUT2D eigenvalue weighted by Crippen LogP contribution is 2.34. The molecule has 0 aromatic heterocycles. The lowest BCUT2D eigenvalue weighted by Crippen LogP contribution is -2.54. The molecule has 0 radical (unpaired) electrons. The van der Waals surface area contributed by atoms with E-state index >= 15 is 0 Å². The van der Waals surface area contributed by atoms with Crippen LogP contribution in [-0.4, -0.2) is 62.0 Å². The number of halogens is 1. The molecule has 0 saturated carbocycles. The van der Waals surface area contributed by atoms with Crippen molar-refractivity contribution in [2.75, 3.05) is 24.2 Å². The Hall–Kier alpha value is -4.16. The third kappa shape index (κ3) is 8.43. The van der Waals surface area contributed by atoms with Gasteiger partial charge in [0.1, 0.15) is 24.0 Å². The molecule has 0 fully saturated rings. The average molecular weight is 617 g/mol. The fourth-order valence-electron chi connectivity index (χ4n) is 4.33. The SMILES string of the molecule is COc1ccc([N+](=O)[O-])cc1N(CC(=O)N(Cc1ccccc1Cl)[C@H](Cc1ccccc1)C(=O)NC(C)C)S(C)(=O)=O. The van der Waals surface area contributed by atoms with Gasteiger partial charge in [0, 0.05) is 36.2 Å². The molecule has 3 aromatic rings. The van der Waals surface area contributed by atoms with Gasteiger partial charge in [-0.1, -0.05) is 60.1 Å². The van der Waals surface area contributed by atoms with Crippen molar-refractivity contribution < 1.29 is 27.7 Å². The summed E-state index contributed by atoms with van der Waals surface area (Å²) < 4.78 is 32.1. The summed E-state index contributed by atoms with van der Waals surface area (Å²) in [6.45, 7) is 2.71. The van der Waals surface area contributed by atoms with Crippen molar-refractivity contribution in [1.29, 1.82) is 0 Å². The van der Waals surface area contributed by atoms with Crippen molar-refractivity contribution in [2.45, 2.75) is 38.9 Å². The molecule has 0 bridgehead atoms. The lowest BCUT2D eigenvalue weighted by atomic mass is 10.0. The molecule has 224 valence electrons. The number of nitro groups is 1. The quantitative estimate of drug-likeness (QED) is 0.224. The highest BCUT2D eigenvalue weighted by atomic mass is 35.5. The Morgan fingerprint density at radius 2 is 1.69 bits per heavy atom. The van der Waals surface area contributed by atoms with E-state index in [0.29, 0.717) is 10.6 Å². The second-order valence-corrected chi connectivity index (χ2v) is 12.2. The van der Waals surface area contributed by atoms with Gasteiger partial charge >= 0.3 is 0 Å². The zero-order valence-electron chi connectivity index (χ0n) is 23.7. The first kappa shape index (κ1) is 32.4. The van der Waals surface area contributed by atoms with E-state index in [1.165, 1.54) is 24.1 Å². The molecular weight excluding hydrogens is 584 g/mol. The van der Waals surface area contributed by atoms with Crippen LogP contribution >= 0.6 is 11.6 Å². The standard InChI is InChI=1S/C29H33ClN4O7S/c1-20(2)31-29(36)26(16-21-10-6-5-7-11-21)32(18-22-12-8-9-13-24(22)30)28(35)19-33(42(4,39)40)25-17-23(34(37)38)14-15-27(25)41-3/h5-15,17,20,26H,16,18-19H2,1-4H3,(H,31,36)/t26-/m1/s1. The van der Waals surface area contributed by atoms with E-state index in [1.54, 1.807) is 38.1 Å². The fraction of sp³-hybridized carbons (Fsp3) is 0.310. The Labute approximate surface area is 250 Å². The van der Waals surface area contributed by atoms with Crippen molar-refractivity contribution in [1.82, 2.24) is 10.2 Å². The molecule has 13 heteroatoms. The Kier molecular flexibility index (Phi) is 10.9. The van der Waals surface area contributed by atoms with Gasteiger partial charge < -0.3 is 15.0 Å². The normalized spacial score (nSPS) is 12.0. The zero-order chi connectivity index (χ0) is 31.0. The number of nitro benzene ring substituents is 1. The summed E-state index contributed by atoms with van der Waals surface area (Å²) in [5.41, 5.74) is 0.741. The maximum absolute atomic E-state index is 14.2. The summed E-state index contributed by atoms with van der Waals surface area (Å²) in [4.78, 5) is 39.8. The number of carbonyl (C=O) groups is 2. The minimum Gasteiger partial charge on any atom is -0.495 e. The number of hydrogen-bond acceptors (Lipinski definition) is 7. The van der Waals surface area contributed by atoms with Crippen molar-refractivity contribution in [3.63, 3.8) is 0 Å². The minimum absolute atomic E-state index is 0.00913. The highest BCUT2D eigenvalue weighted by molar-refractivity contribution is 7.92. The average Bonchev–Trinajstić information content (AvgIpc) is 2.93. The van der Waals surface area contributed by atoms with Gasteiger partial charge in [0.25, 0.3) is 5.69 Å². The maximum Gasteiger partial charge on any atom is 0.271 e. The molecule has 0 saturated heterocycles. The molecule has 11 nitrogen and oxygen atoms in total. The van der Waals surface area contributed by atoms with Crippen LogP contribution in [0.1, 0.15) is 25.0 Å². The summed E-state index contributed by atoms with van der Waals surface area (Å²) in [7, 11) is -2.89. The largest absolute Gasteiger partial charge is 0.495 e. The van der Waals surface area contributed by atoms with Crippen LogP contribution in [0.2, 0.25) is 5.02 Å². The summed E-state index contributed by atoms with van der Waals surface area (Å²) in [5.74, 6) is -1.16. The van der Waals surface area contributed by atoms with Gasteiger partial charge in [-0.15, -0.1) is 0 Å². The molecule has 3 aromatic carbocycles. The monoisotopic (exact) mass is 616 g/mol. The van der Waals surface area contributed by atoms with Crippen LogP contribution in [0.25, 0.3) is 0 Å². The second-order valence-electron chi connectivity index (χ2n) is 9.86. The van der Waals surface area contributed by atoms with Crippen molar-refractivity contribution in [3.05, 3.63) is 99.1 Å². The molecule has 0 aliphatic heterocycles. The van der Waals surface area contributed by atoms with Gasteiger partial charge in [-0.2, -0.15) is 0 Å². The number of amides is 2. The summed E-state index contributed by atoms with van der Waals surface area (Å²) in [6, 6.07) is 18.1. The first-order chi connectivity index (χ1) is 19.8. The molecule has 0 spiro atoms. The lowest BCUT2D eigenvalue weighted by molar-refractivity contribution is -0.384. The van der Waals surface area contributed by atoms with Crippen LogP contribution in [0.5, 0.6) is 5.75 Å². The first-order valence-corrected chi connectivity index (χ1v) is 15.2. The molecule has 1 N–H and O–H groups in total. The van der Waals surface area contributed by atoms with E-state index in [9.17, 15) is 28.1 Å². The summed E-state index contributed by atoms with van der Waals surface area (Å²) in [6.07, 6.45) is 1.01. The third-order valence-electron chi connectivity index (χ3n) is 6.32. The van der Waals surface area contributed by atoms with E-state index in [0.717, 1.165) is 22.2 Å². The number of nitrogens with one attached hydrogen (secondary N) is 1. The van der Waals surface area contributed by atoms with Crippen LogP contribution in [-0.2, 0) is 32.6 Å². The molecule has 0 heterocycles. The van der Waals surface area contributed by atoms with E-state index < -0.39 is 45.0 Å². The molecule has 2 amide bonds. The number of sulfonamides is 1. The van der Waals surface area contributed by atoms with Crippen LogP contribution < -0.4 is 14.4 Å². The number of benzene rings is 3. The second kappa shape index (κ2) is 14.1. The van der Waals surface area contributed by atoms with Gasteiger partial charge in [0.2, 0.25) is 21.8 Å². The molecule has 1 atom stereocenters. The molecule has 42 heavy (non-hydrogen) atoms. The molecule has 0 unspecified atom stereocenters. The molecule has 3 rings (SSSR count). The maximum atomic E-state index is 14.2. The van der Waals surface area contributed by atoms with E-state index in [2.05, 4.69) is 5.32 Å². The number of methoxy groups -OCH3 is 1. The van der Waals surface area contributed by atoms with Crippen LogP contribution in [0.3, 0.4) is 0 Å². The van der Waals surface area contributed by atoms with Gasteiger partial charge in [-0.05, 0) is 37.1 Å². The smallest absolute Gasteiger partial charge is 0.271 e. The predicted octanol–water partition coefficient (Wildman–Crippen LogP) is 4.19. The van der Waals surface area contributed by atoms with Crippen molar-refractivity contribution in [3.8, 4) is 5.75 Å². The van der Waals surface area contributed by atoms with Gasteiger partial charge in [-0.25, -0.2) is 8.42 Å². The number of hydrogen-bond donors (Lipinski definition) is 1. The van der Waals surface area contributed by atoms with E-state index in [4.69, 9.17) is 16.3 Å². The van der Waals surface area contributed by atoms with Gasteiger partial charge in [0.05, 0.1) is 18.3 Å². The molecule has 0 aliphatic carbocycles. The van der Waals surface area contributed by atoms with Crippen LogP contribution in [0, 0.1) is 10.1 Å². The number of non-ortho nitro benzene ring substituents is 1. The Bertz CT molecular complexity index is 1530. The van der Waals surface area contributed by atoms with Gasteiger partial charge in [-0.3, -0.25) is 24.0 Å². The highest BCUT2D eigenvalue weighted by Gasteiger charge is 2.34. The molecule has 0 aliphatic rings. The van der Waals surface area contributed by atoms with Gasteiger partial charge in [0.15, 0.2) is 0 Å². The Morgan fingerprint density at radius 1 is 1.05 bits per heavy atom. The van der Waals surface area contributed by atoms with E-state index in [1.807, 2.05) is 30.3 Å². The first-order valence-electron chi connectivity index (χ1n) is 13.0. The Morgan fingerprint density at radius 3 is 2.26 bits per heavy atom. The number of rotatable bonds is 13. The van der Waals surface area contributed by atoms with Crippen LogP contribution in [0.15, 0.2) is 72.8 Å². The number of ether oxygens (including phenoxy) is 1. The van der Waals surface area contributed by atoms with E-state index in [-0.39, 0.29) is 30.4 Å².